The van der Waals surface area contributed by atoms with E-state index in [9.17, 15) is 27.6 Å². The summed E-state index contributed by atoms with van der Waals surface area (Å²) in [5.74, 6) is -0.776. The standard InChI is InChI=1S/C25H24F3N3O3/c1-2-30-22(32)13-31(24(30)34)21-5-3-4-17-10-15(6-8-19(17)21)16-7-9-20-18(11-16)12-29(23(20)33)14-25(26,27)28/h6-11,21H,2-5,12-14H2,1H3. The number of fused-ring (bicyclic) bond motifs is 2. The van der Waals surface area contributed by atoms with Gasteiger partial charge < -0.3 is 9.80 Å². The summed E-state index contributed by atoms with van der Waals surface area (Å²) in [7, 11) is 0. The van der Waals surface area contributed by atoms with Crippen LogP contribution in [0.2, 0.25) is 0 Å². The molecule has 0 spiro atoms. The van der Waals surface area contributed by atoms with Crippen molar-refractivity contribution in [1.82, 2.24) is 14.7 Å². The molecule has 1 saturated heterocycles. The van der Waals surface area contributed by atoms with E-state index in [1.807, 2.05) is 18.2 Å². The maximum Gasteiger partial charge on any atom is 0.406 e. The topological polar surface area (TPSA) is 60.9 Å². The Bertz CT molecular complexity index is 1190. The van der Waals surface area contributed by atoms with Crippen LogP contribution in [0.4, 0.5) is 18.0 Å². The Kier molecular flexibility index (Phi) is 5.37. The van der Waals surface area contributed by atoms with E-state index in [2.05, 4.69) is 0 Å². The third kappa shape index (κ3) is 3.82. The number of urea groups is 1. The summed E-state index contributed by atoms with van der Waals surface area (Å²) in [6.07, 6.45) is -1.92. The lowest BCUT2D eigenvalue weighted by molar-refractivity contribution is -0.141. The van der Waals surface area contributed by atoms with Gasteiger partial charge in [-0.05, 0) is 66.1 Å². The van der Waals surface area contributed by atoms with E-state index in [0.717, 1.165) is 46.4 Å². The number of likely N-dealkylation sites (N-methyl/N-ethyl adjacent to an activating group) is 1. The first-order valence-electron chi connectivity index (χ1n) is 11.4. The number of imide groups is 1. The van der Waals surface area contributed by atoms with Gasteiger partial charge in [-0.2, -0.15) is 13.2 Å². The van der Waals surface area contributed by atoms with Gasteiger partial charge in [0.15, 0.2) is 0 Å². The summed E-state index contributed by atoms with van der Waals surface area (Å²) in [4.78, 5) is 41.0. The average molecular weight is 471 g/mol. The molecule has 0 bridgehead atoms. The van der Waals surface area contributed by atoms with Crippen molar-refractivity contribution < 1.29 is 27.6 Å². The van der Waals surface area contributed by atoms with Crippen molar-refractivity contribution in [3.63, 3.8) is 0 Å². The monoisotopic (exact) mass is 471 g/mol. The molecule has 34 heavy (non-hydrogen) atoms. The molecule has 178 valence electrons. The molecule has 2 heterocycles. The molecule has 2 aromatic rings. The van der Waals surface area contributed by atoms with Gasteiger partial charge in [-0.1, -0.05) is 24.3 Å². The summed E-state index contributed by atoms with van der Waals surface area (Å²) < 4.78 is 38.4. The van der Waals surface area contributed by atoms with Crippen molar-refractivity contribution in [3.05, 3.63) is 58.7 Å². The Balaban J connectivity index is 1.41. The van der Waals surface area contributed by atoms with Crippen molar-refractivity contribution in [2.24, 2.45) is 0 Å². The van der Waals surface area contributed by atoms with Crippen LogP contribution < -0.4 is 0 Å². The van der Waals surface area contributed by atoms with Gasteiger partial charge in [0.25, 0.3) is 5.91 Å². The van der Waals surface area contributed by atoms with Crippen molar-refractivity contribution >= 4 is 17.8 Å². The van der Waals surface area contributed by atoms with E-state index >= 15 is 0 Å². The highest BCUT2D eigenvalue weighted by molar-refractivity contribution is 6.02. The molecule has 1 atom stereocenters. The number of amides is 4. The number of aryl methyl sites for hydroxylation is 1. The van der Waals surface area contributed by atoms with Gasteiger partial charge in [-0.3, -0.25) is 14.5 Å². The van der Waals surface area contributed by atoms with Crippen LogP contribution >= 0.6 is 0 Å². The smallest absolute Gasteiger partial charge is 0.325 e. The molecular formula is C25H24F3N3O3. The maximum atomic E-state index is 12.8. The number of hydrogen-bond acceptors (Lipinski definition) is 3. The largest absolute Gasteiger partial charge is 0.406 e. The molecular weight excluding hydrogens is 447 g/mol. The van der Waals surface area contributed by atoms with Crippen LogP contribution in [-0.2, 0) is 17.8 Å². The van der Waals surface area contributed by atoms with E-state index in [4.69, 9.17) is 0 Å². The maximum absolute atomic E-state index is 12.8. The fraction of sp³-hybridized carbons (Fsp3) is 0.400. The number of carbonyl (C=O) groups is 3. The highest BCUT2D eigenvalue weighted by Crippen LogP contribution is 2.39. The SMILES string of the molecule is CCN1C(=O)CN(C2CCCc3cc(-c4ccc5c(c4)CN(CC(F)(F)F)C5=O)ccc32)C1=O. The minimum atomic E-state index is -4.44. The van der Waals surface area contributed by atoms with Gasteiger partial charge in [0.1, 0.15) is 13.1 Å². The number of hydrogen-bond donors (Lipinski definition) is 0. The zero-order chi connectivity index (χ0) is 24.2. The molecule has 1 unspecified atom stereocenters. The summed E-state index contributed by atoms with van der Waals surface area (Å²) in [6.45, 7) is 0.906. The number of alkyl halides is 3. The van der Waals surface area contributed by atoms with Crippen LogP contribution in [0.5, 0.6) is 0 Å². The quantitative estimate of drug-likeness (QED) is 0.616. The second-order valence-electron chi connectivity index (χ2n) is 9.02. The van der Waals surface area contributed by atoms with Crippen molar-refractivity contribution in [2.45, 2.75) is 44.9 Å². The number of halogens is 3. The van der Waals surface area contributed by atoms with Crippen molar-refractivity contribution in [3.8, 4) is 11.1 Å². The average Bonchev–Trinajstić information content (AvgIpc) is 3.25. The van der Waals surface area contributed by atoms with E-state index in [-0.39, 0.29) is 31.1 Å². The normalized spacial score (nSPS) is 20.3. The van der Waals surface area contributed by atoms with E-state index in [0.29, 0.717) is 17.7 Å². The predicted molar refractivity (Wildman–Crippen MR) is 118 cm³/mol. The summed E-state index contributed by atoms with van der Waals surface area (Å²) in [5.41, 5.74) is 4.76. The van der Waals surface area contributed by atoms with Crippen molar-refractivity contribution in [2.75, 3.05) is 19.6 Å². The molecule has 5 rings (SSSR count). The number of nitrogens with zero attached hydrogens (tertiary/aromatic N) is 3. The lowest BCUT2D eigenvalue weighted by atomic mass is 9.85. The Hall–Kier alpha value is -3.36. The summed E-state index contributed by atoms with van der Waals surface area (Å²) in [6, 6.07) is 10.7. The van der Waals surface area contributed by atoms with Crippen LogP contribution in [0.1, 0.15) is 52.9 Å². The number of benzene rings is 2. The summed E-state index contributed by atoms with van der Waals surface area (Å²) in [5, 5.41) is 0. The molecule has 1 aliphatic carbocycles. The molecule has 2 aromatic carbocycles. The molecule has 1 fully saturated rings. The fourth-order valence-corrected chi connectivity index (χ4v) is 5.31. The lowest BCUT2D eigenvalue weighted by Gasteiger charge is -2.32. The van der Waals surface area contributed by atoms with Crippen LogP contribution in [-0.4, -0.2) is 58.4 Å². The zero-order valence-corrected chi connectivity index (χ0v) is 18.7. The highest BCUT2D eigenvalue weighted by atomic mass is 19.4. The molecule has 9 heteroatoms. The van der Waals surface area contributed by atoms with Gasteiger partial charge in [0.05, 0.1) is 6.04 Å². The van der Waals surface area contributed by atoms with Crippen LogP contribution in [0.3, 0.4) is 0 Å². The Morgan fingerprint density at radius 1 is 0.971 bits per heavy atom. The summed E-state index contributed by atoms with van der Waals surface area (Å²) >= 11 is 0. The number of rotatable bonds is 4. The minimum Gasteiger partial charge on any atom is -0.325 e. The first kappa shape index (κ1) is 22.4. The molecule has 6 nitrogen and oxygen atoms in total. The van der Waals surface area contributed by atoms with Crippen LogP contribution in [0.25, 0.3) is 11.1 Å². The Labute approximate surface area is 194 Å². The second-order valence-corrected chi connectivity index (χ2v) is 9.02. The van der Waals surface area contributed by atoms with Crippen molar-refractivity contribution in [1.29, 1.82) is 0 Å². The van der Waals surface area contributed by atoms with Gasteiger partial charge in [-0.25, -0.2) is 4.79 Å². The molecule has 0 saturated carbocycles. The molecule has 0 radical (unpaired) electrons. The molecule has 2 aliphatic heterocycles. The van der Waals surface area contributed by atoms with Gasteiger partial charge in [0.2, 0.25) is 5.91 Å². The predicted octanol–water partition coefficient (Wildman–Crippen LogP) is 4.53. The van der Waals surface area contributed by atoms with E-state index in [1.54, 1.807) is 30.0 Å². The van der Waals surface area contributed by atoms with Gasteiger partial charge in [-0.15, -0.1) is 0 Å². The van der Waals surface area contributed by atoms with Crippen LogP contribution in [0.15, 0.2) is 36.4 Å². The van der Waals surface area contributed by atoms with Gasteiger partial charge in [0, 0.05) is 18.7 Å². The zero-order valence-electron chi connectivity index (χ0n) is 18.7. The number of carbonyl (C=O) groups excluding carboxylic acids is 3. The third-order valence-corrected chi connectivity index (χ3v) is 6.89. The first-order valence-corrected chi connectivity index (χ1v) is 11.4. The molecule has 3 aliphatic rings. The lowest BCUT2D eigenvalue weighted by Crippen LogP contribution is -2.36. The van der Waals surface area contributed by atoms with Gasteiger partial charge >= 0.3 is 12.2 Å². The van der Waals surface area contributed by atoms with E-state index < -0.39 is 18.6 Å². The fourth-order valence-electron chi connectivity index (χ4n) is 5.31. The Morgan fingerprint density at radius 3 is 2.35 bits per heavy atom. The highest BCUT2D eigenvalue weighted by Gasteiger charge is 2.41. The first-order chi connectivity index (χ1) is 16.2. The molecule has 0 N–H and O–H groups in total. The van der Waals surface area contributed by atoms with Crippen LogP contribution in [0, 0.1) is 0 Å². The van der Waals surface area contributed by atoms with E-state index in [1.165, 1.54) is 4.90 Å². The third-order valence-electron chi connectivity index (χ3n) is 6.89. The minimum absolute atomic E-state index is 0.0619. The molecule has 4 amide bonds. The molecule has 0 aromatic heterocycles. The second kappa shape index (κ2) is 8.14. The Morgan fingerprint density at radius 2 is 1.68 bits per heavy atom.